The highest BCUT2D eigenvalue weighted by Gasteiger charge is 2.13. The number of aromatic nitrogens is 4. The van der Waals surface area contributed by atoms with Crippen molar-refractivity contribution in [1.29, 1.82) is 0 Å². The molecule has 152 valence electrons. The Hall–Kier alpha value is -3.94. The van der Waals surface area contributed by atoms with E-state index in [2.05, 4.69) is 15.4 Å². The van der Waals surface area contributed by atoms with Crippen LogP contribution in [0.5, 0.6) is 0 Å². The van der Waals surface area contributed by atoms with Crippen LogP contribution in [0.25, 0.3) is 11.0 Å². The van der Waals surface area contributed by atoms with Crippen molar-refractivity contribution in [2.45, 2.75) is 13.0 Å². The van der Waals surface area contributed by atoms with E-state index in [1.807, 2.05) is 66.5 Å². The standard InChI is InChI=1S/C22H22N6O2/c1-26(16-8-4-3-5-9-16)19-11-7-6-10-18(19)25-20(29)12-13-28-15-23-21-17(22(28)30)14-24-27(21)2/h3-11,14-15H,12-13H2,1-2H3,(H,25,29). The molecule has 0 bridgehead atoms. The number of carbonyl (C=O) groups is 1. The zero-order chi connectivity index (χ0) is 21.1. The molecule has 30 heavy (non-hydrogen) atoms. The van der Waals surface area contributed by atoms with Crippen molar-refractivity contribution >= 4 is 34.0 Å². The van der Waals surface area contributed by atoms with E-state index in [0.29, 0.717) is 16.7 Å². The molecule has 4 aromatic rings. The van der Waals surface area contributed by atoms with E-state index in [1.54, 1.807) is 11.7 Å². The lowest BCUT2D eigenvalue weighted by Gasteiger charge is -2.22. The fraction of sp³-hybridized carbons (Fsp3) is 0.182. The number of rotatable bonds is 6. The zero-order valence-electron chi connectivity index (χ0n) is 16.8. The predicted molar refractivity (Wildman–Crippen MR) is 117 cm³/mol. The van der Waals surface area contributed by atoms with Gasteiger partial charge >= 0.3 is 0 Å². The van der Waals surface area contributed by atoms with Gasteiger partial charge in [-0.25, -0.2) is 4.98 Å². The molecule has 2 aromatic carbocycles. The second-order valence-corrected chi connectivity index (χ2v) is 6.96. The Morgan fingerprint density at radius 2 is 1.83 bits per heavy atom. The SMILES string of the molecule is CN(c1ccccc1)c1ccccc1NC(=O)CCn1cnc2c(cnn2C)c1=O. The monoisotopic (exact) mass is 402 g/mol. The number of nitrogens with one attached hydrogen (secondary N) is 1. The number of amides is 1. The van der Waals surface area contributed by atoms with Crippen molar-refractivity contribution in [2.24, 2.45) is 7.05 Å². The molecule has 0 atom stereocenters. The maximum atomic E-state index is 12.6. The molecule has 0 fully saturated rings. The van der Waals surface area contributed by atoms with Gasteiger partial charge in [-0.05, 0) is 24.3 Å². The quantitative estimate of drug-likeness (QED) is 0.536. The maximum absolute atomic E-state index is 12.6. The molecular formula is C22H22N6O2. The minimum atomic E-state index is -0.204. The van der Waals surface area contributed by atoms with Crippen LogP contribution in [0, 0.1) is 0 Å². The highest BCUT2D eigenvalue weighted by molar-refractivity contribution is 5.95. The molecular weight excluding hydrogens is 380 g/mol. The van der Waals surface area contributed by atoms with Gasteiger partial charge in [0.1, 0.15) is 5.39 Å². The van der Waals surface area contributed by atoms with Gasteiger partial charge in [0.15, 0.2) is 5.65 Å². The smallest absolute Gasteiger partial charge is 0.264 e. The number of fused-ring (bicyclic) bond motifs is 1. The molecule has 8 nitrogen and oxygen atoms in total. The average Bonchev–Trinajstić information content (AvgIpc) is 3.15. The summed E-state index contributed by atoms with van der Waals surface area (Å²) < 4.78 is 2.99. The Balaban J connectivity index is 1.48. The first-order valence-corrected chi connectivity index (χ1v) is 9.59. The Kier molecular flexibility index (Phi) is 5.30. The topological polar surface area (TPSA) is 85.1 Å². The van der Waals surface area contributed by atoms with Crippen molar-refractivity contribution in [3.05, 3.63) is 77.5 Å². The van der Waals surface area contributed by atoms with Crippen LogP contribution in [-0.4, -0.2) is 32.3 Å². The van der Waals surface area contributed by atoms with E-state index in [1.165, 1.54) is 17.1 Å². The van der Waals surface area contributed by atoms with E-state index in [9.17, 15) is 9.59 Å². The summed E-state index contributed by atoms with van der Waals surface area (Å²) in [6.45, 7) is 0.235. The number of hydrogen-bond donors (Lipinski definition) is 1. The summed E-state index contributed by atoms with van der Waals surface area (Å²) in [5.74, 6) is -0.179. The maximum Gasteiger partial charge on any atom is 0.264 e. The summed E-state index contributed by atoms with van der Waals surface area (Å²) in [5, 5.41) is 7.46. The third kappa shape index (κ3) is 3.80. The minimum Gasteiger partial charge on any atom is -0.343 e. The van der Waals surface area contributed by atoms with Gasteiger partial charge in [-0.1, -0.05) is 30.3 Å². The summed E-state index contributed by atoms with van der Waals surface area (Å²) in [7, 11) is 3.69. The molecule has 1 N–H and O–H groups in total. The normalized spacial score (nSPS) is 10.9. The van der Waals surface area contributed by atoms with Crippen molar-refractivity contribution < 1.29 is 4.79 Å². The molecule has 2 heterocycles. The van der Waals surface area contributed by atoms with Crippen LogP contribution < -0.4 is 15.8 Å². The van der Waals surface area contributed by atoms with Gasteiger partial charge in [-0.15, -0.1) is 0 Å². The first-order valence-electron chi connectivity index (χ1n) is 9.59. The van der Waals surface area contributed by atoms with Gasteiger partial charge in [0.05, 0.1) is 23.9 Å². The Bertz CT molecular complexity index is 1250. The zero-order valence-corrected chi connectivity index (χ0v) is 16.8. The highest BCUT2D eigenvalue weighted by atomic mass is 16.2. The lowest BCUT2D eigenvalue weighted by molar-refractivity contribution is -0.116. The van der Waals surface area contributed by atoms with Crippen molar-refractivity contribution in [3.63, 3.8) is 0 Å². The molecule has 0 saturated heterocycles. The molecule has 8 heteroatoms. The molecule has 0 aliphatic heterocycles. The largest absolute Gasteiger partial charge is 0.343 e. The summed E-state index contributed by atoms with van der Waals surface area (Å²) in [4.78, 5) is 31.4. The van der Waals surface area contributed by atoms with E-state index < -0.39 is 0 Å². The average molecular weight is 402 g/mol. The first-order chi connectivity index (χ1) is 14.5. The number of para-hydroxylation sites is 3. The third-order valence-corrected chi connectivity index (χ3v) is 4.98. The molecule has 0 spiro atoms. The van der Waals surface area contributed by atoms with Gasteiger partial charge < -0.3 is 10.2 Å². The van der Waals surface area contributed by atoms with Crippen molar-refractivity contribution in [3.8, 4) is 0 Å². The molecule has 0 unspecified atom stereocenters. The summed E-state index contributed by atoms with van der Waals surface area (Å²) in [5.41, 5.74) is 2.93. The van der Waals surface area contributed by atoms with Crippen LogP contribution in [0.2, 0.25) is 0 Å². The predicted octanol–water partition coefficient (Wildman–Crippen LogP) is 2.93. The first kappa shape index (κ1) is 19.4. The number of anilines is 3. The van der Waals surface area contributed by atoms with Crippen LogP contribution in [0.15, 0.2) is 71.9 Å². The third-order valence-electron chi connectivity index (χ3n) is 4.98. The fourth-order valence-electron chi connectivity index (χ4n) is 3.32. The number of benzene rings is 2. The number of carbonyl (C=O) groups excluding carboxylic acids is 1. The minimum absolute atomic E-state index is 0.150. The Morgan fingerprint density at radius 3 is 2.63 bits per heavy atom. The van der Waals surface area contributed by atoms with E-state index in [0.717, 1.165) is 11.4 Å². The van der Waals surface area contributed by atoms with Crippen LogP contribution in [0.3, 0.4) is 0 Å². The Morgan fingerprint density at radius 1 is 1.10 bits per heavy atom. The Labute approximate surface area is 173 Å². The molecule has 2 aromatic heterocycles. The molecule has 0 aliphatic carbocycles. The van der Waals surface area contributed by atoms with Gasteiger partial charge in [0, 0.05) is 32.7 Å². The van der Waals surface area contributed by atoms with E-state index >= 15 is 0 Å². The highest BCUT2D eigenvalue weighted by Crippen LogP contribution is 2.30. The van der Waals surface area contributed by atoms with Gasteiger partial charge in [-0.2, -0.15) is 5.10 Å². The van der Waals surface area contributed by atoms with E-state index in [-0.39, 0.29) is 24.4 Å². The molecule has 1 amide bonds. The number of nitrogens with zero attached hydrogens (tertiary/aromatic N) is 5. The van der Waals surface area contributed by atoms with Crippen LogP contribution >= 0.6 is 0 Å². The van der Waals surface area contributed by atoms with E-state index in [4.69, 9.17) is 0 Å². The van der Waals surface area contributed by atoms with Crippen molar-refractivity contribution in [1.82, 2.24) is 19.3 Å². The van der Waals surface area contributed by atoms with Crippen LogP contribution in [-0.2, 0) is 18.4 Å². The van der Waals surface area contributed by atoms with Gasteiger partial charge in [0.25, 0.3) is 5.56 Å². The molecule has 0 radical (unpaired) electrons. The summed E-state index contributed by atoms with van der Waals surface area (Å²) >= 11 is 0. The second kappa shape index (κ2) is 8.20. The van der Waals surface area contributed by atoms with Crippen LogP contribution in [0.1, 0.15) is 6.42 Å². The molecule has 4 rings (SSSR count). The van der Waals surface area contributed by atoms with Gasteiger partial charge in [-0.3, -0.25) is 18.8 Å². The molecule has 0 saturated carbocycles. The van der Waals surface area contributed by atoms with Gasteiger partial charge in [0.2, 0.25) is 5.91 Å². The lowest BCUT2D eigenvalue weighted by Crippen LogP contribution is -2.24. The van der Waals surface area contributed by atoms with Crippen molar-refractivity contribution in [2.75, 3.05) is 17.3 Å². The molecule has 0 aliphatic rings. The fourth-order valence-corrected chi connectivity index (χ4v) is 3.32. The lowest BCUT2D eigenvalue weighted by atomic mass is 10.2. The summed E-state index contributed by atoms with van der Waals surface area (Å²) in [6.07, 6.45) is 3.10. The summed E-state index contributed by atoms with van der Waals surface area (Å²) in [6, 6.07) is 17.5. The number of aryl methyl sites for hydroxylation is 2. The second-order valence-electron chi connectivity index (χ2n) is 6.96. The van der Waals surface area contributed by atoms with Crippen LogP contribution in [0.4, 0.5) is 17.1 Å². The number of hydrogen-bond acceptors (Lipinski definition) is 5.